The number of nitrogens with zero attached hydrogens (tertiary/aromatic N) is 1. The van der Waals surface area contributed by atoms with Crippen molar-refractivity contribution >= 4 is 17.5 Å². The second kappa shape index (κ2) is 5.49. The quantitative estimate of drug-likeness (QED) is 0.911. The second-order valence-corrected chi connectivity index (χ2v) is 4.99. The number of halogens is 1. The van der Waals surface area contributed by atoms with Gasteiger partial charge in [-0.25, -0.2) is 0 Å². The number of aromatic nitrogens is 1. The third kappa shape index (κ3) is 2.66. The molecule has 0 aliphatic carbocycles. The van der Waals surface area contributed by atoms with Crippen LogP contribution in [0.4, 0.5) is 0 Å². The molecule has 0 saturated carbocycles. The maximum absolute atomic E-state index is 11.5. The van der Waals surface area contributed by atoms with Gasteiger partial charge >= 0.3 is 0 Å². The van der Waals surface area contributed by atoms with E-state index in [1.807, 2.05) is 37.3 Å². The number of nitrogens with two attached hydrogens (primary N) is 1. The molecule has 1 amide bonds. The number of carbonyl (C=O) groups is 1. The molecule has 1 aromatic heterocycles. The minimum Gasteiger partial charge on any atom is -0.366 e. The number of carbonyl (C=O) groups excluding carboxylic acids is 1. The molecule has 0 atom stereocenters. The van der Waals surface area contributed by atoms with E-state index in [-0.39, 0.29) is 5.91 Å². The van der Waals surface area contributed by atoms with Gasteiger partial charge in [0.2, 0.25) is 0 Å². The standard InChI is InChI=1S/C15H17ClN2O/c1-3-8-18-10(2)13(15(17)19)9-14(18)11-4-6-12(16)7-5-11/h4-7,9H,3,8H2,1-2H3,(H2,17,19). The second-order valence-electron chi connectivity index (χ2n) is 4.55. The number of rotatable bonds is 4. The molecule has 19 heavy (non-hydrogen) atoms. The van der Waals surface area contributed by atoms with Crippen molar-refractivity contribution < 1.29 is 4.79 Å². The lowest BCUT2D eigenvalue weighted by molar-refractivity contribution is 0.0999. The predicted molar refractivity (Wildman–Crippen MR) is 78.4 cm³/mol. The van der Waals surface area contributed by atoms with Gasteiger partial charge in [0, 0.05) is 23.0 Å². The molecule has 2 rings (SSSR count). The van der Waals surface area contributed by atoms with Crippen LogP contribution in [0, 0.1) is 6.92 Å². The molecule has 4 heteroatoms. The van der Waals surface area contributed by atoms with E-state index in [1.54, 1.807) is 0 Å². The molecule has 0 aliphatic rings. The van der Waals surface area contributed by atoms with Gasteiger partial charge in [0.25, 0.3) is 5.91 Å². The fourth-order valence-electron chi connectivity index (χ4n) is 2.27. The number of amides is 1. The Balaban J connectivity index is 2.58. The molecule has 0 bridgehead atoms. The van der Waals surface area contributed by atoms with Gasteiger partial charge in [-0.1, -0.05) is 30.7 Å². The highest BCUT2D eigenvalue weighted by Gasteiger charge is 2.15. The molecular formula is C15H17ClN2O. The van der Waals surface area contributed by atoms with Crippen LogP contribution in [0.15, 0.2) is 30.3 Å². The summed E-state index contributed by atoms with van der Waals surface area (Å²) in [6.07, 6.45) is 0.994. The summed E-state index contributed by atoms with van der Waals surface area (Å²) >= 11 is 5.91. The lowest BCUT2D eigenvalue weighted by Gasteiger charge is -2.10. The highest BCUT2D eigenvalue weighted by molar-refractivity contribution is 6.30. The van der Waals surface area contributed by atoms with Crippen molar-refractivity contribution in [2.45, 2.75) is 26.8 Å². The van der Waals surface area contributed by atoms with Gasteiger partial charge in [0.15, 0.2) is 0 Å². The van der Waals surface area contributed by atoms with Crippen molar-refractivity contribution in [3.05, 3.63) is 46.6 Å². The van der Waals surface area contributed by atoms with Gasteiger partial charge < -0.3 is 10.3 Å². The van der Waals surface area contributed by atoms with Crippen LogP contribution in [0.5, 0.6) is 0 Å². The van der Waals surface area contributed by atoms with Crippen LogP contribution >= 0.6 is 11.6 Å². The van der Waals surface area contributed by atoms with E-state index in [2.05, 4.69) is 11.5 Å². The van der Waals surface area contributed by atoms with Crippen molar-refractivity contribution in [3.8, 4) is 11.3 Å². The van der Waals surface area contributed by atoms with E-state index in [4.69, 9.17) is 17.3 Å². The first-order chi connectivity index (χ1) is 9.04. The topological polar surface area (TPSA) is 48.0 Å². The molecule has 2 N–H and O–H groups in total. The van der Waals surface area contributed by atoms with E-state index in [0.29, 0.717) is 10.6 Å². The van der Waals surface area contributed by atoms with E-state index >= 15 is 0 Å². The smallest absolute Gasteiger partial charge is 0.250 e. The number of benzene rings is 1. The molecular weight excluding hydrogens is 260 g/mol. The summed E-state index contributed by atoms with van der Waals surface area (Å²) in [5.41, 5.74) is 8.96. The molecule has 1 aromatic carbocycles. The number of primary amides is 1. The third-order valence-electron chi connectivity index (χ3n) is 3.22. The zero-order valence-corrected chi connectivity index (χ0v) is 11.9. The average Bonchev–Trinajstić information content (AvgIpc) is 2.69. The first-order valence-electron chi connectivity index (χ1n) is 6.30. The van der Waals surface area contributed by atoms with Crippen LogP contribution in [0.1, 0.15) is 29.4 Å². The fraction of sp³-hybridized carbons (Fsp3) is 0.267. The highest BCUT2D eigenvalue weighted by Crippen LogP contribution is 2.27. The van der Waals surface area contributed by atoms with Crippen molar-refractivity contribution in [3.63, 3.8) is 0 Å². The minimum atomic E-state index is -0.387. The maximum atomic E-state index is 11.5. The van der Waals surface area contributed by atoms with Crippen molar-refractivity contribution in [1.82, 2.24) is 4.57 Å². The molecule has 1 heterocycles. The van der Waals surface area contributed by atoms with Gasteiger partial charge in [-0.3, -0.25) is 4.79 Å². The van der Waals surface area contributed by atoms with Crippen LogP contribution in [0.3, 0.4) is 0 Å². The van der Waals surface area contributed by atoms with E-state index in [1.165, 1.54) is 0 Å². The van der Waals surface area contributed by atoms with Crippen LogP contribution in [-0.2, 0) is 6.54 Å². The van der Waals surface area contributed by atoms with Crippen molar-refractivity contribution in [2.24, 2.45) is 5.73 Å². The van der Waals surface area contributed by atoms with Gasteiger partial charge in [-0.2, -0.15) is 0 Å². The zero-order chi connectivity index (χ0) is 14.0. The molecule has 2 aromatic rings. The van der Waals surface area contributed by atoms with Crippen LogP contribution in [0.25, 0.3) is 11.3 Å². The molecule has 0 spiro atoms. The summed E-state index contributed by atoms with van der Waals surface area (Å²) in [7, 11) is 0. The van der Waals surface area contributed by atoms with Crippen LogP contribution < -0.4 is 5.73 Å². The summed E-state index contributed by atoms with van der Waals surface area (Å²) in [6.45, 7) is 4.89. The summed E-state index contributed by atoms with van der Waals surface area (Å²) < 4.78 is 2.13. The summed E-state index contributed by atoms with van der Waals surface area (Å²) in [4.78, 5) is 11.5. The Kier molecular flexibility index (Phi) is 3.96. The van der Waals surface area contributed by atoms with E-state index in [9.17, 15) is 4.79 Å². The number of hydrogen-bond donors (Lipinski definition) is 1. The molecule has 100 valence electrons. The third-order valence-corrected chi connectivity index (χ3v) is 3.47. The first kappa shape index (κ1) is 13.7. The largest absolute Gasteiger partial charge is 0.366 e. The predicted octanol–water partition coefficient (Wildman–Crippen LogP) is 3.63. The normalized spacial score (nSPS) is 10.7. The van der Waals surface area contributed by atoms with Crippen molar-refractivity contribution in [2.75, 3.05) is 0 Å². The maximum Gasteiger partial charge on any atom is 0.250 e. The minimum absolute atomic E-state index is 0.387. The Morgan fingerprint density at radius 3 is 2.47 bits per heavy atom. The van der Waals surface area contributed by atoms with Crippen molar-refractivity contribution in [1.29, 1.82) is 0 Å². The fourth-order valence-corrected chi connectivity index (χ4v) is 2.39. The molecule has 0 fully saturated rings. The summed E-state index contributed by atoms with van der Waals surface area (Å²) in [5, 5.41) is 0.698. The Bertz CT molecular complexity index is 599. The highest BCUT2D eigenvalue weighted by atomic mass is 35.5. The average molecular weight is 277 g/mol. The summed E-state index contributed by atoms with van der Waals surface area (Å²) in [5.74, 6) is -0.387. The SMILES string of the molecule is CCCn1c(-c2ccc(Cl)cc2)cc(C(N)=O)c1C. The van der Waals surface area contributed by atoms with E-state index < -0.39 is 0 Å². The Labute approximate surface area is 118 Å². The zero-order valence-electron chi connectivity index (χ0n) is 11.1. The van der Waals surface area contributed by atoms with Gasteiger partial charge in [-0.15, -0.1) is 0 Å². The van der Waals surface area contributed by atoms with Gasteiger partial charge in [0.05, 0.1) is 5.56 Å². The monoisotopic (exact) mass is 276 g/mol. The molecule has 0 saturated heterocycles. The Morgan fingerprint density at radius 1 is 1.32 bits per heavy atom. The molecule has 3 nitrogen and oxygen atoms in total. The lowest BCUT2D eigenvalue weighted by atomic mass is 10.1. The number of hydrogen-bond acceptors (Lipinski definition) is 1. The first-order valence-corrected chi connectivity index (χ1v) is 6.68. The molecule has 0 aliphatic heterocycles. The Morgan fingerprint density at radius 2 is 1.95 bits per heavy atom. The Hall–Kier alpha value is -1.74. The van der Waals surface area contributed by atoms with Gasteiger partial charge in [0.1, 0.15) is 0 Å². The molecule has 0 radical (unpaired) electrons. The van der Waals surface area contributed by atoms with E-state index in [0.717, 1.165) is 29.9 Å². The molecule has 0 unspecified atom stereocenters. The van der Waals surface area contributed by atoms with Crippen LogP contribution in [0.2, 0.25) is 5.02 Å². The van der Waals surface area contributed by atoms with Gasteiger partial charge in [-0.05, 0) is 37.1 Å². The summed E-state index contributed by atoms with van der Waals surface area (Å²) in [6, 6.07) is 9.46. The van der Waals surface area contributed by atoms with Crippen LogP contribution in [-0.4, -0.2) is 10.5 Å². The lowest BCUT2D eigenvalue weighted by Crippen LogP contribution is -2.12.